The van der Waals surface area contributed by atoms with E-state index in [1.54, 1.807) is 19.3 Å². The van der Waals surface area contributed by atoms with Gasteiger partial charge in [0.25, 0.3) is 0 Å². The molecule has 1 aromatic carbocycles. The average molecular weight is 385 g/mol. The van der Waals surface area contributed by atoms with Crippen molar-refractivity contribution in [1.82, 2.24) is 19.5 Å². The predicted molar refractivity (Wildman–Crippen MR) is 104 cm³/mol. The van der Waals surface area contributed by atoms with Crippen LogP contribution in [0.4, 0.5) is 4.39 Å². The molecule has 140 valence electrons. The van der Waals surface area contributed by atoms with E-state index in [1.165, 1.54) is 31.7 Å². The highest BCUT2D eigenvalue weighted by molar-refractivity contribution is 6.33. The molecule has 2 aliphatic carbocycles. The fraction of sp³-hybridized carbons (Fsp3) is 0.476. The first-order valence-electron chi connectivity index (χ1n) is 9.76. The topological polar surface area (TPSA) is 43.6 Å². The molecule has 0 aliphatic heterocycles. The molecule has 0 N–H and O–H groups in total. The van der Waals surface area contributed by atoms with Crippen molar-refractivity contribution in [2.45, 2.75) is 52.0 Å². The van der Waals surface area contributed by atoms with Gasteiger partial charge in [0.2, 0.25) is 0 Å². The number of hydrogen-bond acceptors (Lipinski definition) is 3. The second-order valence-electron chi connectivity index (χ2n) is 7.89. The van der Waals surface area contributed by atoms with Gasteiger partial charge in [0.15, 0.2) is 5.65 Å². The maximum atomic E-state index is 14.2. The Balaban J connectivity index is 1.73. The lowest BCUT2D eigenvalue weighted by Crippen LogP contribution is -2.16. The molecule has 0 bridgehead atoms. The van der Waals surface area contributed by atoms with Crippen molar-refractivity contribution in [2.24, 2.45) is 11.8 Å². The fourth-order valence-electron chi connectivity index (χ4n) is 4.22. The summed E-state index contributed by atoms with van der Waals surface area (Å²) in [5.74, 6) is 2.22. The molecule has 2 saturated carbocycles. The quantitative estimate of drug-likeness (QED) is 0.581. The molecule has 0 unspecified atom stereocenters. The first-order valence-corrected chi connectivity index (χ1v) is 10.1. The summed E-state index contributed by atoms with van der Waals surface area (Å²) in [4.78, 5) is 13.9. The van der Waals surface area contributed by atoms with Gasteiger partial charge in [-0.05, 0) is 62.1 Å². The van der Waals surface area contributed by atoms with E-state index in [-0.39, 0.29) is 5.82 Å². The molecule has 27 heavy (non-hydrogen) atoms. The summed E-state index contributed by atoms with van der Waals surface area (Å²) in [5, 5.41) is 0.488. The largest absolute Gasteiger partial charge is 0.309 e. The van der Waals surface area contributed by atoms with E-state index in [4.69, 9.17) is 16.6 Å². The zero-order valence-electron chi connectivity index (χ0n) is 15.5. The van der Waals surface area contributed by atoms with Gasteiger partial charge in [-0.15, -0.1) is 0 Å². The number of aromatic nitrogens is 4. The maximum absolute atomic E-state index is 14.2. The third-order valence-corrected chi connectivity index (χ3v) is 6.19. The summed E-state index contributed by atoms with van der Waals surface area (Å²) in [6.45, 7) is 3.83. The number of halogens is 2. The lowest BCUT2D eigenvalue weighted by molar-refractivity contribution is 0.391. The minimum Gasteiger partial charge on any atom is -0.309 e. The molecule has 2 aromatic heterocycles. The van der Waals surface area contributed by atoms with E-state index in [0.717, 1.165) is 35.2 Å². The van der Waals surface area contributed by atoms with E-state index < -0.39 is 0 Å². The first-order chi connectivity index (χ1) is 13.1. The van der Waals surface area contributed by atoms with Crippen LogP contribution in [-0.2, 0) is 6.42 Å². The molecule has 0 saturated heterocycles. The maximum Gasteiger partial charge on any atom is 0.164 e. The van der Waals surface area contributed by atoms with Gasteiger partial charge in [-0.1, -0.05) is 18.5 Å². The Bertz CT molecular complexity index is 1020. The smallest absolute Gasteiger partial charge is 0.164 e. The van der Waals surface area contributed by atoms with Gasteiger partial charge in [0.05, 0.1) is 5.02 Å². The van der Waals surface area contributed by atoms with Gasteiger partial charge < -0.3 is 4.57 Å². The van der Waals surface area contributed by atoms with Gasteiger partial charge in [-0.25, -0.2) is 19.3 Å². The monoisotopic (exact) mass is 384 g/mol. The van der Waals surface area contributed by atoms with Gasteiger partial charge in [0, 0.05) is 18.0 Å². The van der Waals surface area contributed by atoms with Gasteiger partial charge in [-0.3, -0.25) is 0 Å². The van der Waals surface area contributed by atoms with Crippen molar-refractivity contribution in [3.8, 4) is 11.3 Å². The van der Waals surface area contributed by atoms with Crippen LogP contribution in [0.1, 0.15) is 50.0 Å². The standard InChI is InChI=1S/C21H22ClFN4/c1-3-17-26-19-18(14-9-16(23)11(2)8-15(14)22)24-10-25-21(19)27(17)20(12-4-5-12)13-6-7-13/h8-10,12-13,20H,3-7H2,1-2H3. The Hall–Kier alpha value is -2.01. The van der Waals surface area contributed by atoms with Crippen LogP contribution in [0, 0.1) is 24.6 Å². The molecule has 4 nitrogen and oxygen atoms in total. The second kappa shape index (κ2) is 6.26. The zero-order chi connectivity index (χ0) is 18.7. The number of hydrogen-bond donors (Lipinski definition) is 0. The van der Waals surface area contributed by atoms with Crippen LogP contribution < -0.4 is 0 Å². The Morgan fingerprint density at radius 2 is 1.89 bits per heavy atom. The van der Waals surface area contributed by atoms with Crippen LogP contribution in [0.5, 0.6) is 0 Å². The van der Waals surface area contributed by atoms with Crippen LogP contribution >= 0.6 is 11.6 Å². The highest BCUT2D eigenvalue weighted by Crippen LogP contribution is 2.53. The third kappa shape index (κ3) is 2.83. The molecule has 0 spiro atoms. The van der Waals surface area contributed by atoms with Crippen LogP contribution in [0.25, 0.3) is 22.4 Å². The highest BCUT2D eigenvalue weighted by atomic mass is 35.5. The van der Waals surface area contributed by atoms with Crippen LogP contribution in [0.3, 0.4) is 0 Å². The van der Waals surface area contributed by atoms with E-state index >= 15 is 0 Å². The summed E-state index contributed by atoms with van der Waals surface area (Å²) in [6, 6.07) is 3.59. The van der Waals surface area contributed by atoms with Gasteiger partial charge in [0.1, 0.15) is 29.2 Å². The molecule has 2 aliphatic rings. The number of nitrogens with zero attached hydrogens (tertiary/aromatic N) is 4. The highest BCUT2D eigenvalue weighted by Gasteiger charge is 2.44. The molecule has 3 aromatic rings. The molecule has 0 amide bonds. The summed E-state index contributed by atoms with van der Waals surface area (Å²) in [6.07, 6.45) is 7.55. The van der Waals surface area contributed by atoms with Crippen LogP contribution in [-0.4, -0.2) is 19.5 Å². The number of aryl methyl sites for hydroxylation is 2. The van der Waals surface area contributed by atoms with Crippen molar-refractivity contribution in [3.05, 3.63) is 40.7 Å². The SMILES string of the molecule is CCc1nc2c(-c3cc(F)c(C)cc3Cl)ncnc2n1C(C1CC1)C1CC1. The van der Waals surface area contributed by atoms with Crippen LogP contribution in [0.2, 0.25) is 5.02 Å². The Morgan fingerprint density at radius 3 is 2.52 bits per heavy atom. The van der Waals surface area contributed by atoms with E-state index in [9.17, 15) is 4.39 Å². The molecule has 5 rings (SSSR count). The molecule has 2 fully saturated rings. The number of fused-ring (bicyclic) bond motifs is 1. The van der Waals surface area contributed by atoms with Gasteiger partial charge in [-0.2, -0.15) is 0 Å². The summed E-state index contributed by atoms with van der Waals surface area (Å²) >= 11 is 6.44. The fourth-order valence-corrected chi connectivity index (χ4v) is 4.53. The summed E-state index contributed by atoms with van der Waals surface area (Å²) in [5.41, 5.74) is 3.30. The normalized spacial score (nSPS) is 17.2. The molecule has 0 radical (unpaired) electrons. The van der Waals surface area contributed by atoms with E-state index in [0.29, 0.717) is 27.9 Å². The van der Waals surface area contributed by atoms with Gasteiger partial charge >= 0.3 is 0 Å². The Morgan fingerprint density at radius 1 is 1.19 bits per heavy atom. The Kier molecular flexibility index (Phi) is 3.97. The molecule has 2 heterocycles. The summed E-state index contributed by atoms with van der Waals surface area (Å²) < 4.78 is 16.6. The first kappa shape index (κ1) is 17.1. The summed E-state index contributed by atoms with van der Waals surface area (Å²) in [7, 11) is 0. The van der Waals surface area contributed by atoms with Crippen molar-refractivity contribution in [1.29, 1.82) is 0 Å². The van der Waals surface area contributed by atoms with E-state index in [2.05, 4.69) is 21.5 Å². The average Bonchev–Trinajstić information content (AvgIpc) is 3.57. The van der Waals surface area contributed by atoms with Crippen molar-refractivity contribution >= 4 is 22.8 Å². The molecular formula is C21H22ClFN4. The third-order valence-electron chi connectivity index (χ3n) is 5.88. The Labute approximate surface area is 162 Å². The number of imidazole rings is 1. The molecule has 0 atom stereocenters. The lowest BCUT2D eigenvalue weighted by atomic mass is 10.1. The van der Waals surface area contributed by atoms with Crippen molar-refractivity contribution in [3.63, 3.8) is 0 Å². The number of benzene rings is 1. The van der Waals surface area contributed by atoms with Crippen molar-refractivity contribution < 1.29 is 4.39 Å². The molecule has 6 heteroatoms. The van der Waals surface area contributed by atoms with Crippen LogP contribution in [0.15, 0.2) is 18.5 Å². The predicted octanol–water partition coefficient (Wildman–Crippen LogP) is 5.52. The second-order valence-corrected chi connectivity index (χ2v) is 8.30. The minimum atomic E-state index is -0.287. The zero-order valence-corrected chi connectivity index (χ0v) is 16.3. The molecular weight excluding hydrogens is 363 g/mol. The minimum absolute atomic E-state index is 0.287. The lowest BCUT2D eigenvalue weighted by Gasteiger charge is -2.20. The van der Waals surface area contributed by atoms with Crippen molar-refractivity contribution in [2.75, 3.05) is 0 Å². The van der Waals surface area contributed by atoms with E-state index in [1.807, 2.05) is 0 Å². The number of rotatable bonds is 5.